The summed E-state index contributed by atoms with van der Waals surface area (Å²) < 4.78 is 5.78. The molecule has 2 N–H and O–H groups in total. The highest BCUT2D eigenvalue weighted by molar-refractivity contribution is 4.91. The molecule has 1 atom stereocenters. The van der Waals surface area contributed by atoms with Crippen molar-refractivity contribution in [1.29, 1.82) is 0 Å². The van der Waals surface area contributed by atoms with Crippen molar-refractivity contribution in [3.05, 3.63) is 0 Å². The van der Waals surface area contributed by atoms with E-state index in [-0.39, 0.29) is 18.3 Å². The number of aliphatic hydroxyl groups is 2. The average molecular weight is 243 g/mol. The number of nitrogens with zero attached hydrogens (tertiary/aromatic N) is 1. The van der Waals surface area contributed by atoms with E-state index in [4.69, 9.17) is 4.74 Å². The molecular formula is C13H25NO3. The van der Waals surface area contributed by atoms with Gasteiger partial charge in [0.1, 0.15) is 0 Å². The number of ether oxygens (including phenoxy) is 1. The molecule has 0 radical (unpaired) electrons. The molecule has 1 saturated heterocycles. The summed E-state index contributed by atoms with van der Waals surface area (Å²) in [5, 5.41) is 19.7. The van der Waals surface area contributed by atoms with Gasteiger partial charge in [-0.1, -0.05) is 12.8 Å². The molecule has 0 aromatic rings. The van der Waals surface area contributed by atoms with Crippen LogP contribution in [0.4, 0.5) is 0 Å². The summed E-state index contributed by atoms with van der Waals surface area (Å²) in [6, 6.07) is 0. The van der Waals surface area contributed by atoms with E-state index in [1.165, 1.54) is 0 Å². The van der Waals surface area contributed by atoms with Crippen molar-refractivity contribution in [2.75, 3.05) is 26.2 Å². The van der Waals surface area contributed by atoms with E-state index in [9.17, 15) is 10.2 Å². The summed E-state index contributed by atoms with van der Waals surface area (Å²) in [6.07, 6.45) is 3.97. The summed E-state index contributed by atoms with van der Waals surface area (Å²) in [5.41, 5.74) is -0.742. The van der Waals surface area contributed by atoms with Crippen LogP contribution in [0.3, 0.4) is 0 Å². The lowest BCUT2D eigenvalue weighted by molar-refractivity contribution is -0.158. The highest BCUT2D eigenvalue weighted by atomic mass is 16.5. The molecule has 100 valence electrons. The van der Waals surface area contributed by atoms with Gasteiger partial charge in [0.05, 0.1) is 23.9 Å². The lowest BCUT2D eigenvalue weighted by Gasteiger charge is -2.44. The fourth-order valence-corrected chi connectivity index (χ4v) is 3.24. The van der Waals surface area contributed by atoms with Crippen molar-refractivity contribution in [1.82, 2.24) is 4.90 Å². The monoisotopic (exact) mass is 243 g/mol. The summed E-state index contributed by atoms with van der Waals surface area (Å²) in [6.45, 7) is 6.41. The number of hydrogen-bond donors (Lipinski definition) is 2. The number of rotatable bonds is 3. The summed E-state index contributed by atoms with van der Waals surface area (Å²) in [4.78, 5) is 2.25. The van der Waals surface area contributed by atoms with Gasteiger partial charge < -0.3 is 14.9 Å². The lowest BCUT2D eigenvalue weighted by Crippen LogP contribution is -2.57. The standard InChI is InChI=1S/C13H25NO3/c1-12(2)9-14(7-11(8-15)17-12)10-13(16)5-3-4-6-13/h11,15-16H,3-10H2,1-2H3. The Balaban J connectivity index is 1.95. The summed E-state index contributed by atoms with van der Waals surface area (Å²) in [7, 11) is 0. The maximum Gasteiger partial charge on any atom is 0.0940 e. The van der Waals surface area contributed by atoms with E-state index in [1.807, 2.05) is 13.8 Å². The van der Waals surface area contributed by atoms with Gasteiger partial charge in [-0.05, 0) is 26.7 Å². The molecule has 17 heavy (non-hydrogen) atoms. The van der Waals surface area contributed by atoms with Crippen LogP contribution in [0.2, 0.25) is 0 Å². The zero-order valence-corrected chi connectivity index (χ0v) is 11.0. The SMILES string of the molecule is CC1(C)CN(CC2(O)CCCC2)CC(CO)O1. The molecule has 1 heterocycles. The van der Waals surface area contributed by atoms with Crippen LogP contribution in [0.5, 0.6) is 0 Å². The molecule has 2 fully saturated rings. The first-order valence-corrected chi connectivity index (χ1v) is 6.66. The molecule has 0 aromatic heterocycles. The molecule has 4 heteroatoms. The number of morpholine rings is 1. The topological polar surface area (TPSA) is 52.9 Å². The highest BCUT2D eigenvalue weighted by Gasteiger charge is 2.38. The van der Waals surface area contributed by atoms with Gasteiger partial charge in [-0.2, -0.15) is 0 Å². The third kappa shape index (κ3) is 3.41. The minimum atomic E-state index is -0.507. The quantitative estimate of drug-likeness (QED) is 0.768. The normalized spacial score (nSPS) is 32.8. The molecule has 0 spiro atoms. The van der Waals surface area contributed by atoms with Crippen LogP contribution in [0, 0.1) is 0 Å². The smallest absolute Gasteiger partial charge is 0.0940 e. The van der Waals surface area contributed by atoms with Gasteiger partial charge in [0, 0.05) is 19.6 Å². The maximum atomic E-state index is 10.4. The number of hydrogen-bond acceptors (Lipinski definition) is 4. The Morgan fingerprint density at radius 1 is 1.29 bits per heavy atom. The second-order valence-corrected chi connectivity index (χ2v) is 6.28. The van der Waals surface area contributed by atoms with Gasteiger partial charge in [0.25, 0.3) is 0 Å². The zero-order chi connectivity index (χ0) is 12.5. The molecule has 0 bridgehead atoms. The van der Waals surface area contributed by atoms with Crippen molar-refractivity contribution in [2.24, 2.45) is 0 Å². The van der Waals surface area contributed by atoms with Gasteiger partial charge in [0.15, 0.2) is 0 Å². The van der Waals surface area contributed by atoms with Gasteiger partial charge >= 0.3 is 0 Å². The van der Waals surface area contributed by atoms with Crippen molar-refractivity contribution < 1.29 is 14.9 Å². The van der Waals surface area contributed by atoms with Crippen LogP contribution in [-0.4, -0.2) is 58.7 Å². The van der Waals surface area contributed by atoms with Crippen LogP contribution in [0.15, 0.2) is 0 Å². The first-order chi connectivity index (χ1) is 7.92. The Hall–Kier alpha value is -0.160. The third-order valence-corrected chi connectivity index (χ3v) is 3.81. The Morgan fingerprint density at radius 3 is 2.53 bits per heavy atom. The predicted octanol–water partition coefficient (Wildman–Crippen LogP) is 0.763. The molecule has 0 aromatic carbocycles. The van der Waals surface area contributed by atoms with E-state index in [1.54, 1.807) is 0 Å². The second kappa shape index (κ2) is 4.84. The molecule has 1 saturated carbocycles. The maximum absolute atomic E-state index is 10.4. The van der Waals surface area contributed by atoms with E-state index >= 15 is 0 Å². The van der Waals surface area contributed by atoms with Gasteiger partial charge in [-0.25, -0.2) is 0 Å². The van der Waals surface area contributed by atoms with E-state index in [2.05, 4.69) is 4.90 Å². The molecule has 1 aliphatic carbocycles. The van der Waals surface area contributed by atoms with Crippen molar-refractivity contribution >= 4 is 0 Å². The molecule has 2 rings (SSSR count). The van der Waals surface area contributed by atoms with Gasteiger partial charge in [-0.15, -0.1) is 0 Å². The first-order valence-electron chi connectivity index (χ1n) is 6.66. The van der Waals surface area contributed by atoms with Crippen molar-refractivity contribution in [2.45, 2.75) is 56.8 Å². The average Bonchev–Trinajstić information content (AvgIpc) is 2.62. The second-order valence-electron chi connectivity index (χ2n) is 6.28. The predicted molar refractivity (Wildman–Crippen MR) is 65.9 cm³/mol. The van der Waals surface area contributed by atoms with Crippen LogP contribution >= 0.6 is 0 Å². The van der Waals surface area contributed by atoms with Crippen molar-refractivity contribution in [3.63, 3.8) is 0 Å². The lowest BCUT2D eigenvalue weighted by atomic mass is 9.98. The van der Waals surface area contributed by atoms with Crippen LogP contribution < -0.4 is 0 Å². The van der Waals surface area contributed by atoms with E-state index in [0.717, 1.165) is 45.3 Å². The Morgan fingerprint density at radius 2 is 1.94 bits per heavy atom. The zero-order valence-electron chi connectivity index (χ0n) is 11.0. The fraction of sp³-hybridized carbons (Fsp3) is 1.00. The minimum absolute atomic E-state index is 0.0539. The summed E-state index contributed by atoms with van der Waals surface area (Å²) in [5.74, 6) is 0. The Labute approximate surface area is 104 Å². The molecule has 0 amide bonds. The molecule has 2 aliphatic rings. The number of β-amino-alcohol motifs (C(OH)–C–C–N with tert-alkyl or cyclic N) is 1. The Bertz CT molecular complexity index is 261. The van der Waals surface area contributed by atoms with E-state index in [0.29, 0.717) is 0 Å². The minimum Gasteiger partial charge on any atom is -0.394 e. The van der Waals surface area contributed by atoms with Crippen LogP contribution in [0.1, 0.15) is 39.5 Å². The largest absolute Gasteiger partial charge is 0.394 e. The molecule has 4 nitrogen and oxygen atoms in total. The fourth-order valence-electron chi connectivity index (χ4n) is 3.24. The van der Waals surface area contributed by atoms with E-state index < -0.39 is 5.60 Å². The highest BCUT2D eigenvalue weighted by Crippen LogP contribution is 2.32. The molecular weight excluding hydrogens is 218 g/mol. The number of aliphatic hydroxyl groups excluding tert-OH is 1. The van der Waals surface area contributed by atoms with Crippen molar-refractivity contribution in [3.8, 4) is 0 Å². The first kappa shape index (κ1) is 13.3. The summed E-state index contributed by atoms with van der Waals surface area (Å²) >= 11 is 0. The molecule has 1 unspecified atom stereocenters. The third-order valence-electron chi connectivity index (χ3n) is 3.81. The molecule has 1 aliphatic heterocycles. The van der Waals surface area contributed by atoms with Crippen LogP contribution in [0.25, 0.3) is 0 Å². The van der Waals surface area contributed by atoms with Crippen LogP contribution in [-0.2, 0) is 4.74 Å². The van der Waals surface area contributed by atoms with Gasteiger partial charge in [-0.3, -0.25) is 4.90 Å². The Kier molecular flexibility index (Phi) is 3.78. The van der Waals surface area contributed by atoms with Gasteiger partial charge in [0.2, 0.25) is 0 Å².